The van der Waals surface area contributed by atoms with Crippen LogP contribution in [0.4, 0.5) is 5.69 Å². The van der Waals surface area contributed by atoms with Crippen molar-refractivity contribution in [1.29, 1.82) is 0 Å². The first-order valence-electron chi connectivity index (χ1n) is 9.36. The molecule has 2 aromatic rings. The maximum absolute atomic E-state index is 12.8. The number of methoxy groups -OCH3 is 1. The monoisotopic (exact) mass is 366 g/mol. The molecule has 1 heterocycles. The van der Waals surface area contributed by atoms with Crippen molar-refractivity contribution < 1.29 is 14.3 Å². The van der Waals surface area contributed by atoms with Gasteiger partial charge in [0, 0.05) is 44.2 Å². The predicted octanol–water partition coefficient (Wildman–Crippen LogP) is 3.41. The molecule has 0 saturated carbocycles. The minimum atomic E-state index is -0.0484. The molecule has 5 heteroatoms. The van der Waals surface area contributed by atoms with Crippen molar-refractivity contribution in [3.63, 3.8) is 0 Å². The Morgan fingerprint density at radius 3 is 2.63 bits per heavy atom. The summed E-state index contributed by atoms with van der Waals surface area (Å²) in [6.45, 7) is 3.10. The molecule has 0 saturated heterocycles. The third kappa shape index (κ3) is 4.48. The van der Waals surface area contributed by atoms with Gasteiger partial charge in [0.25, 0.3) is 0 Å². The Balaban J connectivity index is 1.66. The van der Waals surface area contributed by atoms with Crippen molar-refractivity contribution in [2.24, 2.45) is 0 Å². The number of anilines is 1. The molecule has 142 valence electrons. The van der Waals surface area contributed by atoms with Crippen LogP contribution in [-0.4, -0.2) is 36.9 Å². The first kappa shape index (κ1) is 19.0. The molecule has 1 aliphatic rings. The maximum atomic E-state index is 12.8. The molecule has 0 bridgehead atoms. The van der Waals surface area contributed by atoms with Crippen LogP contribution in [0, 0.1) is 0 Å². The van der Waals surface area contributed by atoms with Gasteiger partial charge in [-0.25, -0.2) is 0 Å². The molecule has 5 nitrogen and oxygen atoms in total. The largest absolute Gasteiger partial charge is 0.496 e. The summed E-state index contributed by atoms with van der Waals surface area (Å²) in [7, 11) is 1.62. The number of carbonyl (C=O) groups is 2. The fraction of sp³-hybridized carbons (Fsp3) is 0.364. The van der Waals surface area contributed by atoms with Crippen LogP contribution in [0.25, 0.3) is 0 Å². The summed E-state index contributed by atoms with van der Waals surface area (Å²) in [4.78, 5) is 28.5. The van der Waals surface area contributed by atoms with Crippen LogP contribution in [0.5, 0.6) is 5.75 Å². The fourth-order valence-corrected chi connectivity index (χ4v) is 3.55. The van der Waals surface area contributed by atoms with E-state index in [1.54, 1.807) is 12.0 Å². The first-order chi connectivity index (χ1) is 13.1. The number of hydrogen-bond donors (Lipinski definition) is 0. The zero-order valence-corrected chi connectivity index (χ0v) is 16.0. The molecule has 2 aromatic carbocycles. The van der Waals surface area contributed by atoms with E-state index in [2.05, 4.69) is 6.07 Å². The molecule has 0 fully saturated rings. The van der Waals surface area contributed by atoms with Crippen LogP contribution < -0.4 is 9.64 Å². The predicted molar refractivity (Wildman–Crippen MR) is 106 cm³/mol. The molecular weight excluding hydrogens is 340 g/mol. The highest BCUT2D eigenvalue weighted by Crippen LogP contribution is 2.27. The van der Waals surface area contributed by atoms with Crippen molar-refractivity contribution in [2.45, 2.75) is 32.7 Å². The molecule has 0 unspecified atom stereocenters. The molecule has 3 rings (SSSR count). The lowest BCUT2D eigenvalue weighted by atomic mass is 10.0. The zero-order chi connectivity index (χ0) is 19.2. The zero-order valence-electron chi connectivity index (χ0n) is 16.0. The number of fused-ring (bicyclic) bond motifs is 1. The Labute approximate surface area is 160 Å². The molecule has 0 spiro atoms. The van der Waals surface area contributed by atoms with Gasteiger partial charge < -0.3 is 14.5 Å². The highest BCUT2D eigenvalue weighted by atomic mass is 16.5. The molecule has 0 radical (unpaired) electrons. The smallest absolute Gasteiger partial charge is 0.228 e. The number of hydrogen-bond acceptors (Lipinski definition) is 3. The Morgan fingerprint density at radius 2 is 1.85 bits per heavy atom. The first-order valence-corrected chi connectivity index (χ1v) is 9.36. The van der Waals surface area contributed by atoms with Gasteiger partial charge in [0.05, 0.1) is 7.11 Å². The second-order valence-electron chi connectivity index (χ2n) is 6.78. The second-order valence-corrected chi connectivity index (χ2v) is 6.78. The number of carbonyl (C=O) groups excluding carboxylic acids is 2. The van der Waals surface area contributed by atoms with E-state index in [-0.39, 0.29) is 11.8 Å². The molecule has 2 amide bonds. The van der Waals surface area contributed by atoms with E-state index in [1.807, 2.05) is 47.4 Å². The quantitative estimate of drug-likeness (QED) is 0.787. The number of aryl methyl sites for hydroxylation is 1. The molecule has 27 heavy (non-hydrogen) atoms. The average Bonchev–Trinajstić information content (AvgIpc) is 2.70. The van der Waals surface area contributed by atoms with Crippen molar-refractivity contribution in [2.75, 3.05) is 25.1 Å². The highest BCUT2D eigenvalue weighted by Gasteiger charge is 2.23. The number of benzene rings is 2. The molecule has 0 N–H and O–H groups in total. The van der Waals surface area contributed by atoms with E-state index in [1.165, 1.54) is 12.5 Å². The molecular formula is C22H26N2O3. The number of amides is 2. The van der Waals surface area contributed by atoms with Gasteiger partial charge in [-0.3, -0.25) is 9.59 Å². The van der Waals surface area contributed by atoms with Gasteiger partial charge in [-0.05, 0) is 30.5 Å². The van der Waals surface area contributed by atoms with Crippen molar-refractivity contribution in [1.82, 2.24) is 4.90 Å². The van der Waals surface area contributed by atoms with Crippen molar-refractivity contribution in [3.8, 4) is 5.75 Å². The number of rotatable bonds is 6. The third-order valence-corrected chi connectivity index (χ3v) is 5.01. The Kier molecular flexibility index (Phi) is 6.12. The Bertz CT molecular complexity index is 819. The van der Waals surface area contributed by atoms with Gasteiger partial charge in [-0.2, -0.15) is 0 Å². The van der Waals surface area contributed by atoms with E-state index in [0.29, 0.717) is 19.5 Å². The molecule has 0 atom stereocenters. The number of nitrogens with zero attached hydrogens (tertiary/aromatic N) is 2. The van der Waals surface area contributed by atoms with E-state index in [0.717, 1.165) is 36.4 Å². The van der Waals surface area contributed by atoms with Crippen molar-refractivity contribution in [3.05, 3.63) is 59.7 Å². The van der Waals surface area contributed by atoms with Crippen LogP contribution in [0.1, 0.15) is 30.9 Å². The third-order valence-electron chi connectivity index (χ3n) is 5.01. The normalized spacial score (nSPS) is 13.0. The SMILES string of the molecule is COc1ccccc1CN(CCC(=O)N1CCCc2ccccc21)C(C)=O. The lowest BCUT2D eigenvalue weighted by Gasteiger charge is -2.30. The van der Waals surface area contributed by atoms with Crippen molar-refractivity contribution >= 4 is 17.5 Å². The maximum Gasteiger partial charge on any atom is 0.228 e. The van der Waals surface area contributed by atoms with Crippen LogP contribution in [0.3, 0.4) is 0 Å². The molecule has 1 aliphatic heterocycles. The van der Waals surface area contributed by atoms with E-state index < -0.39 is 0 Å². The summed E-state index contributed by atoms with van der Waals surface area (Å²) in [5, 5.41) is 0. The summed E-state index contributed by atoms with van der Waals surface area (Å²) in [5.41, 5.74) is 3.16. The van der Waals surface area contributed by atoms with Gasteiger partial charge >= 0.3 is 0 Å². The lowest BCUT2D eigenvalue weighted by Crippen LogP contribution is -2.38. The summed E-state index contributed by atoms with van der Waals surface area (Å²) in [6.07, 6.45) is 2.29. The van der Waals surface area contributed by atoms with Crippen LogP contribution in [0.15, 0.2) is 48.5 Å². The van der Waals surface area contributed by atoms with E-state index >= 15 is 0 Å². The van der Waals surface area contributed by atoms with Gasteiger partial charge in [0.2, 0.25) is 11.8 Å². The Hall–Kier alpha value is -2.82. The fourth-order valence-electron chi connectivity index (χ4n) is 3.55. The van der Waals surface area contributed by atoms with Gasteiger partial charge in [0.15, 0.2) is 0 Å². The second kappa shape index (κ2) is 8.71. The Morgan fingerprint density at radius 1 is 1.11 bits per heavy atom. The van der Waals surface area contributed by atoms with Gasteiger partial charge in [-0.15, -0.1) is 0 Å². The summed E-state index contributed by atoms with van der Waals surface area (Å²) < 4.78 is 5.37. The van der Waals surface area contributed by atoms with Crippen LogP contribution in [0.2, 0.25) is 0 Å². The molecule has 0 aromatic heterocycles. The summed E-state index contributed by atoms with van der Waals surface area (Å²) in [6, 6.07) is 15.7. The van der Waals surface area contributed by atoms with Gasteiger partial charge in [-0.1, -0.05) is 36.4 Å². The lowest BCUT2D eigenvalue weighted by molar-refractivity contribution is -0.130. The molecule has 0 aliphatic carbocycles. The average molecular weight is 366 g/mol. The highest BCUT2D eigenvalue weighted by molar-refractivity contribution is 5.94. The van der Waals surface area contributed by atoms with Crippen LogP contribution in [-0.2, 0) is 22.6 Å². The standard InChI is InChI=1S/C22H26N2O3/c1-17(25)23(16-19-9-4-6-12-21(19)27-2)15-13-22(26)24-14-7-10-18-8-3-5-11-20(18)24/h3-6,8-9,11-12H,7,10,13-16H2,1-2H3. The van der Waals surface area contributed by atoms with Crippen LogP contribution >= 0.6 is 0 Å². The topological polar surface area (TPSA) is 49.9 Å². The minimum absolute atomic E-state index is 0.0484. The van der Waals surface area contributed by atoms with E-state index in [9.17, 15) is 9.59 Å². The van der Waals surface area contributed by atoms with Gasteiger partial charge in [0.1, 0.15) is 5.75 Å². The minimum Gasteiger partial charge on any atom is -0.496 e. The number of para-hydroxylation sites is 2. The summed E-state index contributed by atoms with van der Waals surface area (Å²) >= 11 is 0. The summed E-state index contributed by atoms with van der Waals surface area (Å²) in [5.74, 6) is 0.765. The van der Waals surface area contributed by atoms with E-state index in [4.69, 9.17) is 4.74 Å². The number of ether oxygens (including phenoxy) is 1.